The third-order valence-corrected chi connectivity index (χ3v) is 3.29. The summed E-state index contributed by atoms with van der Waals surface area (Å²) in [4.78, 5) is 2.65. The predicted octanol–water partition coefficient (Wildman–Crippen LogP) is 2.25. The van der Waals surface area contributed by atoms with Crippen LogP contribution in [0.1, 0.15) is 48.0 Å². The molecular formula is C12H26N2. The molecule has 0 aromatic carbocycles. The molecule has 0 aromatic rings. The van der Waals surface area contributed by atoms with E-state index in [2.05, 4.69) is 51.8 Å². The van der Waals surface area contributed by atoms with Crippen LogP contribution in [0.5, 0.6) is 0 Å². The van der Waals surface area contributed by atoms with Gasteiger partial charge in [0.15, 0.2) is 0 Å². The maximum Gasteiger partial charge on any atom is 0.0285 e. The summed E-state index contributed by atoms with van der Waals surface area (Å²) >= 11 is 0. The quantitative estimate of drug-likeness (QED) is 0.695. The van der Waals surface area contributed by atoms with Crippen molar-refractivity contribution in [3.63, 3.8) is 0 Å². The van der Waals surface area contributed by atoms with Crippen molar-refractivity contribution in [2.45, 2.75) is 65.1 Å². The van der Waals surface area contributed by atoms with Gasteiger partial charge in [-0.15, -0.1) is 0 Å². The van der Waals surface area contributed by atoms with Crippen molar-refractivity contribution in [1.29, 1.82) is 0 Å². The second kappa shape index (κ2) is 3.82. The lowest BCUT2D eigenvalue weighted by molar-refractivity contribution is -0.00169. The van der Waals surface area contributed by atoms with Gasteiger partial charge in [-0.2, -0.15) is 0 Å². The normalized spacial score (nSPS) is 27.6. The monoisotopic (exact) mass is 198 g/mol. The fourth-order valence-electron chi connectivity index (χ4n) is 3.21. The fraction of sp³-hybridized carbons (Fsp3) is 1.00. The van der Waals surface area contributed by atoms with Crippen molar-refractivity contribution in [3.8, 4) is 0 Å². The SMILES string of the molecule is CC(C)N1C(C)(C)CCNCC1(C)C. The number of hydrogen-bond acceptors (Lipinski definition) is 2. The van der Waals surface area contributed by atoms with E-state index in [4.69, 9.17) is 0 Å². The van der Waals surface area contributed by atoms with Crippen LogP contribution in [0.2, 0.25) is 0 Å². The highest BCUT2D eigenvalue weighted by molar-refractivity contribution is 4.98. The Morgan fingerprint density at radius 3 is 2.14 bits per heavy atom. The van der Waals surface area contributed by atoms with Crippen molar-refractivity contribution in [1.82, 2.24) is 10.2 Å². The summed E-state index contributed by atoms with van der Waals surface area (Å²) in [5.41, 5.74) is 0.565. The average Bonchev–Trinajstić information content (AvgIpc) is 2.04. The van der Waals surface area contributed by atoms with Crippen LogP contribution >= 0.6 is 0 Å². The van der Waals surface area contributed by atoms with Crippen molar-refractivity contribution in [2.24, 2.45) is 0 Å². The number of hydrogen-bond donors (Lipinski definition) is 1. The molecule has 0 spiro atoms. The van der Waals surface area contributed by atoms with Crippen LogP contribution in [0.25, 0.3) is 0 Å². The van der Waals surface area contributed by atoms with Crippen LogP contribution in [0.4, 0.5) is 0 Å². The van der Waals surface area contributed by atoms with Crippen LogP contribution in [0, 0.1) is 0 Å². The molecule has 1 fully saturated rings. The van der Waals surface area contributed by atoms with Crippen LogP contribution < -0.4 is 5.32 Å². The van der Waals surface area contributed by atoms with Crippen molar-refractivity contribution in [3.05, 3.63) is 0 Å². The first-order valence-electron chi connectivity index (χ1n) is 5.77. The number of rotatable bonds is 1. The van der Waals surface area contributed by atoms with Gasteiger partial charge in [-0.25, -0.2) is 0 Å². The highest BCUT2D eigenvalue weighted by atomic mass is 15.3. The van der Waals surface area contributed by atoms with Gasteiger partial charge in [-0.1, -0.05) is 0 Å². The molecule has 84 valence electrons. The predicted molar refractivity (Wildman–Crippen MR) is 62.6 cm³/mol. The Morgan fingerprint density at radius 2 is 1.64 bits per heavy atom. The summed E-state index contributed by atoms with van der Waals surface area (Å²) in [6.07, 6.45) is 1.23. The minimum Gasteiger partial charge on any atom is -0.315 e. The van der Waals surface area contributed by atoms with Crippen molar-refractivity contribution < 1.29 is 0 Å². The molecule has 0 unspecified atom stereocenters. The molecule has 0 atom stereocenters. The molecule has 2 nitrogen and oxygen atoms in total. The first-order valence-corrected chi connectivity index (χ1v) is 5.77. The minimum atomic E-state index is 0.258. The first-order chi connectivity index (χ1) is 6.27. The van der Waals surface area contributed by atoms with E-state index < -0.39 is 0 Å². The minimum absolute atomic E-state index is 0.258. The fourth-order valence-corrected chi connectivity index (χ4v) is 3.21. The van der Waals surface area contributed by atoms with Gasteiger partial charge in [0.05, 0.1) is 0 Å². The zero-order chi connectivity index (χ0) is 11.0. The van der Waals surface area contributed by atoms with Gasteiger partial charge in [0.25, 0.3) is 0 Å². The lowest BCUT2D eigenvalue weighted by atomic mass is 9.90. The summed E-state index contributed by atoms with van der Waals surface area (Å²) in [5, 5.41) is 3.54. The maximum absolute atomic E-state index is 3.54. The second-order valence-electron chi connectivity index (χ2n) is 6.02. The van der Waals surface area contributed by atoms with Crippen LogP contribution in [-0.2, 0) is 0 Å². The molecule has 1 saturated heterocycles. The molecule has 0 saturated carbocycles. The van der Waals surface area contributed by atoms with E-state index in [0.717, 1.165) is 13.1 Å². The van der Waals surface area contributed by atoms with E-state index in [1.807, 2.05) is 0 Å². The summed E-state index contributed by atoms with van der Waals surface area (Å²) in [6.45, 7) is 16.2. The highest BCUT2D eigenvalue weighted by Gasteiger charge is 2.40. The van der Waals surface area contributed by atoms with Gasteiger partial charge >= 0.3 is 0 Å². The standard InChI is InChI=1S/C12H26N2/c1-10(2)14-11(3,4)7-8-13-9-12(14,5)6/h10,13H,7-9H2,1-6H3. The van der Waals surface area contributed by atoms with Gasteiger partial charge in [-0.3, -0.25) is 4.90 Å². The van der Waals surface area contributed by atoms with Crippen LogP contribution in [-0.4, -0.2) is 35.1 Å². The molecular weight excluding hydrogens is 172 g/mol. The molecule has 0 bridgehead atoms. The second-order valence-corrected chi connectivity index (χ2v) is 6.02. The number of nitrogens with one attached hydrogen (secondary N) is 1. The first kappa shape index (κ1) is 12.0. The van der Waals surface area contributed by atoms with Crippen molar-refractivity contribution >= 4 is 0 Å². The molecule has 0 aromatic heterocycles. The summed E-state index contributed by atoms with van der Waals surface area (Å²) in [6, 6.07) is 0.611. The average molecular weight is 198 g/mol. The Bertz CT molecular complexity index is 176. The summed E-state index contributed by atoms with van der Waals surface area (Å²) in [7, 11) is 0. The van der Waals surface area contributed by atoms with E-state index in [1.54, 1.807) is 0 Å². The lowest BCUT2D eigenvalue weighted by Crippen LogP contribution is -2.59. The summed E-state index contributed by atoms with van der Waals surface area (Å²) in [5.74, 6) is 0. The third kappa shape index (κ3) is 2.29. The van der Waals surface area contributed by atoms with Gasteiger partial charge in [0, 0.05) is 23.7 Å². The molecule has 1 rings (SSSR count). The Balaban J connectivity index is 2.97. The Hall–Kier alpha value is -0.0800. The molecule has 1 aliphatic heterocycles. The molecule has 0 aliphatic carbocycles. The van der Waals surface area contributed by atoms with Gasteiger partial charge in [-0.05, 0) is 54.5 Å². The summed E-state index contributed by atoms with van der Waals surface area (Å²) < 4.78 is 0. The van der Waals surface area contributed by atoms with E-state index in [0.29, 0.717) is 11.6 Å². The Kier molecular flexibility index (Phi) is 3.27. The largest absolute Gasteiger partial charge is 0.315 e. The van der Waals surface area contributed by atoms with Gasteiger partial charge < -0.3 is 5.32 Å². The van der Waals surface area contributed by atoms with Crippen LogP contribution in [0.15, 0.2) is 0 Å². The van der Waals surface area contributed by atoms with Crippen molar-refractivity contribution in [2.75, 3.05) is 13.1 Å². The van der Waals surface area contributed by atoms with Gasteiger partial charge in [0.1, 0.15) is 0 Å². The maximum atomic E-state index is 3.54. The van der Waals surface area contributed by atoms with E-state index in [9.17, 15) is 0 Å². The molecule has 1 N–H and O–H groups in total. The van der Waals surface area contributed by atoms with E-state index in [-0.39, 0.29) is 5.54 Å². The molecule has 1 heterocycles. The molecule has 1 aliphatic rings. The van der Waals surface area contributed by atoms with Crippen LogP contribution in [0.3, 0.4) is 0 Å². The molecule has 14 heavy (non-hydrogen) atoms. The zero-order valence-electron chi connectivity index (χ0n) is 10.6. The van der Waals surface area contributed by atoms with Gasteiger partial charge in [0.2, 0.25) is 0 Å². The smallest absolute Gasteiger partial charge is 0.0285 e. The highest BCUT2D eigenvalue weighted by Crippen LogP contribution is 2.31. The van der Waals surface area contributed by atoms with E-state index in [1.165, 1.54) is 6.42 Å². The topological polar surface area (TPSA) is 15.3 Å². The molecule has 2 heteroatoms. The Morgan fingerprint density at radius 1 is 1.07 bits per heavy atom. The number of nitrogens with zero attached hydrogens (tertiary/aromatic N) is 1. The molecule has 0 amide bonds. The zero-order valence-corrected chi connectivity index (χ0v) is 10.6. The third-order valence-electron chi connectivity index (χ3n) is 3.29. The lowest BCUT2D eigenvalue weighted by Gasteiger charge is -2.49. The Labute approximate surface area is 89.1 Å². The van der Waals surface area contributed by atoms with E-state index >= 15 is 0 Å². The molecule has 0 radical (unpaired) electrons.